The Balaban J connectivity index is 1.64. The topological polar surface area (TPSA) is 96.6 Å². The molecule has 1 saturated heterocycles. The van der Waals surface area contributed by atoms with E-state index in [-0.39, 0.29) is 4.59 Å². The second kappa shape index (κ2) is 6.88. The highest BCUT2D eigenvalue weighted by Crippen LogP contribution is 2.32. The number of aromatic amines is 1. The van der Waals surface area contributed by atoms with Crippen molar-refractivity contribution in [3.05, 3.63) is 35.7 Å². The van der Waals surface area contributed by atoms with Gasteiger partial charge < -0.3 is 15.5 Å². The van der Waals surface area contributed by atoms with Crippen LogP contribution in [-0.2, 0) is 9.53 Å². The van der Waals surface area contributed by atoms with Crippen LogP contribution in [0.1, 0.15) is 11.4 Å². The summed E-state index contributed by atoms with van der Waals surface area (Å²) in [7, 11) is 2.01. The van der Waals surface area contributed by atoms with Crippen molar-refractivity contribution < 1.29 is 14.1 Å². The minimum absolute atomic E-state index is 0.279. The Bertz CT molecular complexity index is 941. The maximum atomic E-state index is 11.8. The van der Waals surface area contributed by atoms with Crippen LogP contribution in [0.15, 0.2) is 29.4 Å². The number of quaternary nitrogens is 1. The Labute approximate surface area is 157 Å². The Hall–Kier alpha value is -2.55. The average molecular weight is 369 g/mol. The number of H-pyrrole nitrogens is 1. The molecule has 1 atom stereocenters. The van der Waals surface area contributed by atoms with E-state index in [9.17, 15) is 4.79 Å². The molecule has 0 radical (unpaired) electrons. The molecule has 0 saturated carbocycles. The number of nitrogens with zero attached hydrogens (tertiary/aromatic N) is 4. The van der Waals surface area contributed by atoms with Crippen molar-refractivity contribution >= 4 is 28.3 Å². The number of amides is 1. The van der Waals surface area contributed by atoms with E-state index in [0.717, 1.165) is 67.5 Å². The van der Waals surface area contributed by atoms with Crippen LogP contribution in [0.3, 0.4) is 0 Å². The molecule has 4 rings (SSSR count). The largest absolute Gasteiger partial charge is 0.379 e. The number of nitrogens with two attached hydrogens (primary N) is 1. The van der Waals surface area contributed by atoms with Crippen molar-refractivity contribution in [3.63, 3.8) is 0 Å². The molecule has 1 unspecified atom stereocenters. The van der Waals surface area contributed by atoms with E-state index in [1.807, 2.05) is 32.2 Å². The molecule has 0 aliphatic carbocycles. The first-order valence-electron chi connectivity index (χ1n) is 9.19. The smallest absolute Gasteiger partial charge is 0.273 e. The number of carbonyl (C=O) groups excluding carboxylic acids is 1. The molecule has 0 bridgehead atoms. The lowest BCUT2D eigenvalue weighted by molar-refractivity contribution is -0.843. The van der Waals surface area contributed by atoms with E-state index in [0.29, 0.717) is 5.71 Å². The van der Waals surface area contributed by atoms with Gasteiger partial charge in [-0.05, 0) is 25.1 Å². The molecule has 142 valence electrons. The Morgan fingerprint density at radius 3 is 2.89 bits per heavy atom. The fourth-order valence-corrected chi connectivity index (χ4v) is 3.63. The van der Waals surface area contributed by atoms with Crippen molar-refractivity contribution in [1.29, 1.82) is 0 Å². The van der Waals surface area contributed by atoms with Gasteiger partial charge in [-0.3, -0.25) is 14.7 Å². The molecular formula is C19H25N6O2+. The number of rotatable bonds is 5. The molecule has 3 N–H and O–H groups in total. The number of aryl methyl sites for hydroxylation is 1. The summed E-state index contributed by atoms with van der Waals surface area (Å²) in [5.74, 6) is -0.509. The Kier molecular flexibility index (Phi) is 4.55. The van der Waals surface area contributed by atoms with E-state index >= 15 is 0 Å². The van der Waals surface area contributed by atoms with Crippen LogP contribution in [0.4, 0.5) is 0 Å². The van der Waals surface area contributed by atoms with Crippen molar-refractivity contribution in [1.82, 2.24) is 14.9 Å². The molecule has 2 aromatic rings. The van der Waals surface area contributed by atoms with Crippen molar-refractivity contribution in [2.45, 2.75) is 6.92 Å². The molecule has 1 fully saturated rings. The number of morpholine rings is 1. The molecule has 0 spiro atoms. The number of nitrogens with one attached hydrogen (secondary N) is 1. The fraction of sp³-hybridized carbons (Fsp3) is 0.421. The van der Waals surface area contributed by atoms with E-state index < -0.39 is 5.91 Å². The third-order valence-electron chi connectivity index (χ3n) is 5.22. The quantitative estimate of drug-likeness (QED) is 0.764. The molecule has 4 heterocycles. The first-order valence-corrected chi connectivity index (χ1v) is 9.19. The number of likely N-dealkylation sites (N-methyl/N-ethyl adjacent to an activating group) is 1. The summed E-state index contributed by atoms with van der Waals surface area (Å²) >= 11 is 0. The lowest BCUT2D eigenvalue weighted by Crippen LogP contribution is -2.45. The van der Waals surface area contributed by atoms with Crippen LogP contribution in [0.25, 0.3) is 16.7 Å². The highest BCUT2D eigenvalue weighted by atomic mass is 16.5. The van der Waals surface area contributed by atoms with Crippen molar-refractivity contribution in [3.8, 4) is 0 Å². The van der Waals surface area contributed by atoms with E-state index in [4.69, 9.17) is 10.5 Å². The highest BCUT2D eigenvalue weighted by molar-refractivity contribution is 6.44. The summed E-state index contributed by atoms with van der Waals surface area (Å²) in [5.41, 5.74) is 10.5. The number of carbonyl (C=O) groups is 1. The zero-order valence-corrected chi connectivity index (χ0v) is 15.7. The standard InChI is InChI=1S/C19H24N6O2/c1-13-3-4-14-15(21-13)11-16(22-14)18-12-17(19(20)26)23-25(18,2)8-5-24-6-9-27-10-7-24/h3-4,11-12H,5-10H2,1-2H3,(H2-,20,21,22,23,26)/p+1. The molecule has 0 aromatic carbocycles. The second-order valence-corrected chi connectivity index (χ2v) is 7.26. The van der Waals surface area contributed by atoms with Crippen molar-refractivity contribution in [2.24, 2.45) is 10.8 Å². The number of hydrogen-bond donors (Lipinski definition) is 2. The monoisotopic (exact) mass is 369 g/mol. The third kappa shape index (κ3) is 3.51. The predicted octanol–water partition coefficient (Wildman–Crippen LogP) is 0.846. The van der Waals surface area contributed by atoms with Gasteiger partial charge in [-0.15, -0.1) is 0 Å². The molecule has 27 heavy (non-hydrogen) atoms. The third-order valence-corrected chi connectivity index (χ3v) is 5.22. The summed E-state index contributed by atoms with van der Waals surface area (Å²) in [6, 6.07) is 6.01. The zero-order valence-electron chi connectivity index (χ0n) is 15.7. The molecular weight excluding hydrogens is 344 g/mol. The SMILES string of the molecule is Cc1ccc2[nH]c(C3=CC(C(N)=O)=N[N+]3(C)CCN3CCOCC3)cc2n1. The number of ether oxygens (including phenoxy) is 1. The normalized spacial score (nSPS) is 23.5. The van der Waals surface area contributed by atoms with Crippen LogP contribution in [0.5, 0.6) is 0 Å². The van der Waals surface area contributed by atoms with Gasteiger partial charge in [0.2, 0.25) is 0 Å². The first kappa shape index (κ1) is 17.8. The van der Waals surface area contributed by atoms with Gasteiger partial charge in [0.15, 0.2) is 11.4 Å². The molecule has 2 aliphatic heterocycles. The van der Waals surface area contributed by atoms with Crippen LogP contribution >= 0.6 is 0 Å². The van der Waals surface area contributed by atoms with Gasteiger partial charge in [-0.1, -0.05) is 5.10 Å². The number of hydrogen-bond acceptors (Lipinski definition) is 5. The summed E-state index contributed by atoms with van der Waals surface area (Å²) < 4.78 is 5.70. The summed E-state index contributed by atoms with van der Waals surface area (Å²) in [4.78, 5) is 22.1. The van der Waals surface area contributed by atoms with Gasteiger partial charge in [-0.25, -0.2) is 0 Å². The van der Waals surface area contributed by atoms with E-state index in [2.05, 4.69) is 20.0 Å². The number of primary amides is 1. The number of pyridine rings is 1. The fourth-order valence-electron chi connectivity index (χ4n) is 3.63. The van der Waals surface area contributed by atoms with Crippen LogP contribution in [-0.4, -0.2) is 77.5 Å². The van der Waals surface area contributed by atoms with Gasteiger partial charge in [0.1, 0.15) is 12.2 Å². The van der Waals surface area contributed by atoms with E-state index in [1.165, 1.54) is 0 Å². The van der Waals surface area contributed by atoms with Gasteiger partial charge >= 0.3 is 0 Å². The van der Waals surface area contributed by atoms with Gasteiger partial charge in [0, 0.05) is 24.9 Å². The highest BCUT2D eigenvalue weighted by Gasteiger charge is 2.38. The summed E-state index contributed by atoms with van der Waals surface area (Å²) in [6.45, 7) is 6.93. The van der Waals surface area contributed by atoms with Gasteiger partial charge in [0.25, 0.3) is 5.91 Å². The minimum Gasteiger partial charge on any atom is -0.379 e. The predicted molar refractivity (Wildman–Crippen MR) is 104 cm³/mol. The van der Waals surface area contributed by atoms with E-state index in [1.54, 1.807) is 6.08 Å². The maximum absolute atomic E-state index is 11.8. The Morgan fingerprint density at radius 2 is 2.15 bits per heavy atom. The first-order chi connectivity index (χ1) is 12.9. The molecule has 1 amide bonds. The second-order valence-electron chi connectivity index (χ2n) is 7.26. The number of aromatic nitrogens is 2. The lowest BCUT2D eigenvalue weighted by atomic mass is 10.2. The number of fused-ring (bicyclic) bond motifs is 1. The minimum atomic E-state index is -0.509. The lowest BCUT2D eigenvalue weighted by Gasteiger charge is -2.31. The molecule has 2 aromatic heterocycles. The van der Waals surface area contributed by atoms with Crippen LogP contribution in [0.2, 0.25) is 0 Å². The van der Waals surface area contributed by atoms with Gasteiger partial charge in [-0.2, -0.15) is 4.59 Å². The zero-order chi connectivity index (χ0) is 19.0. The molecule has 2 aliphatic rings. The van der Waals surface area contributed by atoms with Crippen LogP contribution < -0.4 is 5.73 Å². The summed E-state index contributed by atoms with van der Waals surface area (Å²) in [5, 5.41) is 4.64. The molecule has 8 heteroatoms. The van der Waals surface area contributed by atoms with Crippen LogP contribution in [0, 0.1) is 6.92 Å². The maximum Gasteiger partial charge on any atom is 0.273 e. The summed E-state index contributed by atoms with van der Waals surface area (Å²) in [6.07, 6.45) is 1.79. The average Bonchev–Trinajstić information content (AvgIpc) is 3.22. The Morgan fingerprint density at radius 1 is 1.37 bits per heavy atom. The molecule has 8 nitrogen and oxygen atoms in total. The van der Waals surface area contributed by atoms with Crippen molar-refractivity contribution in [2.75, 3.05) is 46.4 Å². The van der Waals surface area contributed by atoms with Gasteiger partial charge in [0.05, 0.1) is 37.8 Å².